The zero-order chi connectivity index (χ0) is 30.0. The molecule has 9 nitrogen and oxygen atoms in total. The van der Waals surface area contributed by atoms with Crippen molar-refractivity contribution >= 4 is 34.2 Å². The number of pyridine rings is 1. The molecular formula is C31H31FN6O3S. The van der Waals surface area contributed by atoms with Crippen LogP contribution in [0.4, 0.5) is 4.39 Å². The Morgan fingerprint density at radius 2 is 2.07 bits per heavy atom. The highest BCUT2D eigenvalue weighted by atomic mass is 32.1. The fourth-order valence-corrected chi connectivity index (χ4v) is 6.03. The number of allylic oxidation sites excluding steroid dienone is 1. The molecule has 42 heavy (non-hydrogen) atoms. The second-order valence-corrected chi connectivity index (χ2v) is 12.4. The van der Waals surface area contributed by atoms with E-state index in [1.54, 1.807) is 41.3 Å². The van der Waals surface area contributed by atoms with Gasteiger partial charge in [-0.2, -0.15) is 14.6 Å². The van der Waals surface area contributed by atoms with E-state index < -0.39 is 11.9 Å². The molecule has 1 aliphatic heterocycles. The lowest BCUT2D eigenvalue weighted by atomic mass is 9.93. The number of thiophene rings is 1. The first kappa shape index (κ1) is 29.1. The predicted octanol–water partition coefficient (Wildman–Crippen LogP) is 4.95. The monoisotopic (exact) mass is 586 g/mol. The second-order valence-electron chi connectivity index (χ2n) is 11.3. The number of H-pyrrole nitrogens is 1. The number of benzene rings is 1. The molecule has 2 amide bonds. The molecule has 4 aromatic rings. The van der Waals surface area contributed by atoms with E-state index in [9.17, 15) is 24.3 Å². The van der Waals surface area contributed by atoms with Crippen molar-refractivity contribution in [1.29, 1.82) is 5.26 Å². The van der Waals surface area contributed by atoms with E-state index in [0.717, 1.165) is 18.4 Å². The lowest BCUT2D eigenvalue weighted by molar-refractivity contribution is -0.127. The van der Waals surface area contributed by atoms with Gasteiger partial charge in [0.2, 0.25) is 11.6 Å². The Hall–Kier alpha value is -4.40. The fraction of sp³-hybridized carbons (Fsp3) is 0.323. The highest BCUT2D eigenvalue weighted by Gasteiger charge is 2.32. The summed E-state index contributed by atoms with van der Waals surface area (Å²) >= 11 is 1.20. The second kappa shape index (κ2) is 11.8. The van der Waals surface area contributed by atoms with Crippen LogP contribution in [0.3, 0.4) is 0 Å². The molecule has 0 bridgehead atoms. The normalized spacial score (nSPS) is 16.3. The van der Waals surface area contributed by atoms with Crippen molar-refractivity contribution in [2.45, 2.75) is 52.8 Å². The molecule has 0 saturated carbocycles. The zero-order valence-corrected chi connectivity index (χ0v) is 24.4. The summed E-state index contributed by atoms with van der Waals surface area (Å²) in [6, 6.07) is 13.7. The number of nitriles is 1. The maximum atomic E-state index is 13.6. The first-order valence-corrected chi connectivity index (χ1v) is 14.4. The van der Waals surface area contributed by atoms with Crippen LogP contribution in [0.1, 0.15) is 48.8 Å². The van der Waals surface area contributed by atoms with Gasteiger partial charge < -0.3 is 19.6 Å². The number of aromatic amines is 1. The van der Waals surface area contributed by atoms with E-state index in [1.165, 1.54) is 23.6 Å². The van der Waals surface area contributed by atoms with Crippen LogP contribution in [-0.4, -0.2) is 48.9 Å². The Balaban J connectivity index is 1.51. The molecule has 1 saturated heterocycles. The van der Waals surface area contributed by atoms with Gasteiger partial charge in [0.05, 0.1) is 28.6 Å². The number of hydrogen-bond donors (Lipinski definition) is 2. The SMILES string of the molecule is CC(C)(C)/C=C(\C#N)C(=O)N1CCC[C@@H]1Cn1/c(=N/C(=O)c2ccc(-c3ccnc(F)c3)s2)[nH]c2cc(CO)ccc21. The fourth-order valence-electron chi connectivity index (χ4n) is 5.14. The summed E-state index contributed by atoms with van der Waals surface area (Å²) in [5.74, 6) is -1.37. The Kier molecular flexibility index (Phi) is 8.20. The van der Waals surface area contributed by atoms with E-state index in [0.29, 0.717) is 45.1 Å². The molecule has 0 aliphatic carbocycles. The standard InChI is InChI=1S/C31H31FN6O3S/c1-31(2,3)15-21(16-33)29(41)37-12-4-5-22(37)17-38-24-7-6-19(18-39)13-23(24)35-30(38)36-28(40)26-9-8-25(42-26)20-10-11-34-27(32)14-20/h6-11,13-15,22,39H,4-5,12,17-18H2,1-3H3,(H,35,36,40)/b21-15+/t22-/m1/s1. The Bertz CT molecular complexity index is 1800. The van der Waals surface area contributed by atoms with Gasteiger partial charge in [0, 0.05) is 30.2 Å². The summed E-state index contributed by atoms with van der Waals surface area (Å²) in [4.78, 5) is 40.8. The number of amides is 2. The van der Waals surface area contributed by atoms with Crippen molar-refractivity contribution in [2.24, 2.45) is 10.4 Å². The van der Waals surface area contributed by atoms with Crippen molar-refractivity contribution in [3.05, 3.63) is 82.3 Å². The molecule has 5 rings (SSSR count). The van der Waals surface area contributed by atoms with Crippen LogP contribution in [0.2, 0.25) is 0 Å². The van der Waals surface area contributed by atoms with Crippen LogP contribution in [-0.2, 0) is 17.9 Å². The molecule has 1 aromatic carbocycles. The zero-order valence-electron chi connectivity index (χ0n) is 23.6. The van der Waals surface area contributed by atoms with Gasteiger partial charge in [-0.1, -0.05) is 32.9 Å². The smallest absolute Gasteiger partial charge is 0.290 e. The minimum Gasteiger partial charge on any atom is -0.392 e. The highest BCUT2D eigenvalue weighted by molar-refractivity contribution is 7.17. The first-order chi connectivity index (χ1) is 20.1. The van der Waals surface area contributed by atoms with Crippen molar-refractivity contribution < 1.29 is 19.1 Å². The Morgan fingerprint density at radius 3 is 2.79 bits per heavy atom. The van der Waals surface area contributed by atoms with E-state index in [2.05, 4.69) is 21.0 Å². The highest BCUT2D eigenvalue weighted by Crippen LogP contribution is 2.29. The van der Waals surface area contributed by atoms with Crippen molar-refractivity contribution in [1.82, 2.24) is 19.4 Å². The molecule has 0 radical (unpaired) electrons. The molecule has 2 N–H and O–H groups in total. The number of aliphatic hydroxyl groups is 1. The molecule has 3 aromatic heterocycles. The molecule has 0 spiro atoms. The van der Waals surface area contributed by atoms with Gasteiger partial charge in [-0.05, 0) is 59.7 Å². The third kappa shape index (κ3) is 6.25. The molecular weight excluding hydrogens is 555 g/mol. The van der Waals surface area contributed by atoms with Crippen LogP contribution in [0.5, 0.6) is 0 Å². The topological polar surface area (TPSA) is 127 Å². The lowest BCUT2D eigenvalue weighted by Crippen LogP contribution is -2.40. The lowest BCUT2D eigenvalue weighted by Gasteiger charge is -2.26. The van der Waals surface area contributed by atoms with Crippen LogP contribution < -0.4 is 5.62 Å². The largest absolute Gasteiger partial charge is 0.392 e. The molecule has 11 heteroatoms. The molecule has 1 atom stereocenters. The van der Waals surface area contributed by atoms with Gasteiger partial charge in [-0.25, -0.2) is 4.98 Å². The minimum absolute atomic E-state index is 0.119. The number of carbonyl (C=O) groups is 2. The van der Waals surface area contributed by atoms with Crippen LogP contribution in [0.25, 0.3) is 21.5 Å². The number of nitrogens with one attached hydrogen (secondary N) is 1. The number of aromatic nitrogens is 3. The average molecular weight is 587 g/mol. The van der Waals surface area contributed by atoms with Crippen molar-refractivity contribution in [3.63, 3.8) is 0 Å². The number of halogens is 1. The number of carbonyl (C=O) groups excluding carboxylic acids is 2. The number of imidazole rings is 1. The van der Waals surface area contributed by atoms with Crippen molar-refractivity contribution in [2.75, 3.05) is 6.54 Å². The maximum Gasteiger partial charge on any atom is 0.290 e. The maximum absolute atomic E-state index is 13.6. The summed E-state index contributed by atoms with van der Waals surface area (Å²) in [6.07, 6.45) is 4.61. The number of likely N-dealkylation sites (tertiary alicyclic amines) is 1. The number of aliphatic hydroxyl groups excluding tert-OH is 1. The van der Waals surface area contributed by atoms with Gasteiger partial charge in [0.25, 0.3) is 11.8 Å². The predicted molar refractivity (Wildman–Crippen MR) is 157 cm³/mol. The number of hydrogen-bond acceptors (Lipinski definition) is 6. The van der Waals surface area contributed by atoms with E-state index in [1.807, 2.05) is 31.4 Å². The van der Waals surface area contributed by atoms with Crippen LogP contribution in [0.15, 0.2) is 65.3 Å². The quantitative estimate of drug-likeness (QED) is 0.188. The number of fused-ring (bicyclic) bond motifs is 1. The average Bonchev–Trinajstić information content (AvgIpc) is 3.70. The van der Waals surface area contributed by atoms with Gasteiger partial charge in [0.15, 0.2) is 0 Å². The van der Waals surface area contributed by atoms with E-state index >= 15 is 0 Å². The third-order valence-corrected chi connectivity index (χ3v) is 8.15. The molecule has 1 aliphatic rings. The summed E-state index contributed by atoms with van der Waals surface area (Å²) in [5, 5.41) is 19.4. The van der Waals surface area contributed by atoms with Gasteiger partial charge in [-0.3, -0.25) is 9.59 Å². The summed E-state index contributed by atoms with van der Waals surface area (Å²) in [5.41, 5.74) is 2.87. The van der Waals surface area contributed by atoms with E-state index in [4.69, 9.17) is 0 Å². The summed E-state index contributed by atoms with van der Waals surface area (Å²) in [6.45, 7) is 6.57. The van der Waals surface area contributed by atoms with E-state index in [-0.39, 0.29) is 29.5 Å². The third-order valence-electron chi connectivity index (χ3n) is 7.03. The number of rotatable bonds is 6. The van der Waals surface area contributed by atoms with Crippen molar-refractivity contribution in [3.8, 4) is 16.5 Å². The Morgan fingerprint density at radius 1 is 1.26 bits per heavy atom. The van der Waals surface area contributed by atoms with Crippen LogP contribution >= 0.6 is 11.3 Å². The number of nitrogens with zero attached hydrogens (tertiary/aromatic N) is 5. The van der Waals surface area contributed by atoms with Gasteiger partial charge in [-0.15, -0.1) is 11.3 Å². The summed E-state index contributed by atoms with van der Waals surface area (Å²) in [7, 11) is 0. The summed E-state index contributed by atoms with van der Waals surface area (Å²) < 4.78 is 15.5. The van der Waals surface area contributed by atoms with Gasteiger partial charge in [0.1, 0.15) is 11.6 Å². The first-order valence-electron chi connectivity index (χ1n) is 13.6. The minimum atomic E-state index is -0.602. The Labute approximate surface area is 246 Å². The van der Waals surface area contributed by atoms with Crippen LogP contribution in [0, 0.1) is 22.7 Å². The molecule has 216 valence electrons. The van der Waals surface area contributed by atoms with Gasteiger partial charge >= 0.3 is 0 Å². The molecule has 0 unspecified atom stereocenters. The molecule has 4 heterocycles. The molecule has 1 fully saturated rings.